The van der Waals surface area contributed by atoms with Crippen LogP contribution in [0.15, 0.2) is 65.7 Å². The van der Waals surface area contributed by atoms with Gasteiger partial charge in [-0.25, -0.2) is 14.4 Å². The minimum atomic E-state index is -0.339. The fourth-order valence-electron chi connectivity index (χ4n) is 5.69. The normalized spacial score (nSPS) is 20.2. The Morgan fingerprint density at radius 2 is 1.82 bits per heavy atom. The molecule has 2 aliphatic rings. The minimum absolute atomic E-state index is 0.248. The summed E-state index contributed by atoms with van der Waals surface area (Å²) < 4.78 is 17.8. The molecule has 4 aromatic rings. The summed E-state index contributed by atoms with van der Waals surface area (Å²) >= 11 is 7.42. The molecular formula is C30H33ClFN5S. The second-order valence-corrected chi connectivity index (χ2v) is 11.4. The maximum absolute atomic E-state index is 14.7. The highest BCUT2D eigenvalue weighted by atomic mass is 35.5. The number of hydrogen-bond acceptors (Lipinski definition) is 6. The summed E-state index contributed by atoms with van der Waals surface area (Å²) in [4.78, 5) is 9.25. The zero-order chi connectivity index (χ0) is 26.6. The molecule has 198 valence electrons. The number of aryl methyl sites for hydroxylation is 1. The van der Waals surface area contributed by atoms with Gasteiger partial charge in [0.2, 0.25) is 5.95 Å². The first-order chi connectivity index (χ1) is 18.4. The molecular weight excluding hydrogens is 517 g/mol. The molecule has 6 rings (SSSR count). The highest BCUT2D eigenvalue weighted by Crippen LogP contribution is 2.43. The number of anilines is 2. The average Bonchev–Trinajstić information content (AvgIpc) is 3.49. The van der Waals surface area contributed by atoms with Gasteiger partial charge in [-0.2, -0.15) is 0 Å². The summed E-state index contributed by atoms with van der Waals surface area (Å²) in [5, 5.41) is 1.50. The zero-order valence-electron chi connectivity index (χ0n) is 21.5. The van der Waals surface area contributed by atoms with Crippen molar-refractivity contribution in [3.8, 4) is 11.1 Å². The molecule has 0 radical (unpaired) electrons. The largest absolute Gasteiger partial charge is 0.368 e. The first-order valence-corrected chi connectivity index (χ1v) is 14.4. The summed E-state index contributed by atoms with van der Waals surface area (Å²) in [7, 11) is 0. The number of nitrogens with zero attached hydrogens (tertiary/aromatic N) is 2. The van der Waals surface area contributed by atoms with Crippen LogP contribution in [0.25, 0.3) is 22.0 Å². The first-order valence-electron chi connectivity index (χ1n) is 13.2. The van der Waals surface area contributed by atoms with E-state index in [1.807, 2.05) is 36.4 Å². The zero-order valence-corrected chi connectivity index (χ0v) is 23.0. The molecule has 2 saturated carbocycles. The van der Waals surface area contributed by atoms with Crippen molar-refractivity contribution < 1.29 is 4.39 Å². The molecule has 2 aliphatic carbocycles. The summed E-state index contributed by atoms with van der Waals surface area (Å²) in [6.07, 6.45) is 9.55. The molecule has 1 aromatic heterocycles. The number of fused-ring (bicyclic) bond motifs is 2. The molecule has 3 aromatic carbocycles. The maximum atomic E-state index is 14.7. The summed E-state index contributed by atoms with van der Waals surface area (Å²) in [6.45, 7) is 2.05. The van der Waals surface area contributed by atoms with Crippen LogP contribution in [0.4, 0.5) is 16.0 Å². The maximum Gasteiger partial charge on any atom is 0.220 e. The molecule has 5 nitrogen and oxygen atoms in total. The Morgan fingerprint density at radius 3 is 2.53 bits per heavy atom. The van der Waals surface area contributed by atoms with Crippen LogP contribution < -0.4 is 16.2 Å². The third-order valence-corrected chi connectivity index (χ3v) is 8.94. The fourth-order valence-corrected chi connectivity index (χ4v) is 6.64. The SMILES string of the molecule is CCc1cc(-c2ccc(NSc3ccccc3Cl)c(F)c2)cc2cnc(N)nc12.NC1CC2CCCC2C1. The molecule has 0 bridgehead atoms. The summed E-state index contributed by atoms with van der Waals surface area (Å²) in [6, 6.07) is 17.1. The van der Waals surface area contributed by atoms with Crippen LogP contribution in [0.1, 0.15) is 44.6 Å². The monoisotopic (exact) mass is 549 g/mol. The van der Waals surface area contributed by atoms with Gasteiger partial charge in [-0.3, -0.25) is 0 Å². The van der Waals surface area contributed by atoms with Crippen LogP contribution in [0.2, 0.25) is 5.02 Å². The van der Waals surface area contributed by atoms with E-state index in [4.69, 9.17) is 23.1 Å². The van der Waals surface area contributed by atoms with Gasteiger partial charge in [0, 0.05) is 22.5 Å². The van der Waals surface area contributed by atoms with Crippen molar-refractivity contribution in [1.29, 1.82) is 0 Å². The van der Waals surface area contributed by atoms with E-state index in [1.165, 1.54) is 50.1 Å². The number of nitrogens with two attached hydrogens (primary N) is 2. The van der Waals surface area contributed by atoms with Gasteiger partial charge in [0.1, 0.15) is 5.82 Å². The quantitative estimate of drug-likeness (QED) is 0.219. The first kappa shape index (κ1) is 26.7. The Hall–Kier alpha value is -2.87. The molecule has 2 atom stereocenters. The van der Waals surface area contributed by atoms with Crippen molar-refractivity contribution in [2.75, 3.05) is 10.5 Å². The van der Waals surface area contributed by atoms with E-state index in [-0.39, 0.29) is 11.8 Å². The average molecular weight is 550 g/mol. The second-order valence-electron chi connectivity index (χ2n) is 10.2. The smallest absolute Gasteiger partial charge is 0.220 e. The van der Waals surface area contributed by atoms with E-state index in [0.29, 0.717) is 16.8 Å². The second kappa shape index (κ2) is 11.9. The van der Waals surface area contributed by atoms with Crippen molar-refractivity contribution in [3.05, 3.63) is 77.2 Å². The Labute approximate surface area is 232 Å². The molecule has 2 fully saturated rings. The third-order valence-electron chi connectivity index (χ3n) is 7.60. The van der Waals surface area contributed by atoms with Gasteiger partial charge >= 0.3 is 0 Å². The lowest BCUT2D eigenvalue weighted by Crippen LogP contribution is -2.15. The molecule has 0 aliphatic heterocycles. The van der Waals surface area contributed by atoms with Crippen LogP contribution in [0.3, 0.4) is 0 Å². The fraction of sp³-hybridized carbons (Fsp3) is 0.333. The van der Waals surface area contributed by atoms with E-state index in [9.17, 15) is 4.39 Å². The van der Waals surface area contributed by atoms with Gasteiger partial charge in [0.25, 0.3) is 0 Å². The van der Waals surface area contributed by atoms with Gasteiger partial charge in [-0.15, -0.1) is 0 Å². The van der Waals surface area contributed by atoms with Crippen molar-refractivity contribution in [1.82, 2.24) is 9.97 Å². The minimum Gasteiger partial charge on any atom is -0.368 e. The number of nitrogens with one attached hydrogen (secondary N) is 1. The number of benzene rings is 3. The highest BCUT2D eigenvalue weighted by molar-refractivity contribution is 8.00. The van der Waals surface area contributed by atoms with Crippen LogP contribution in [-0.4, -0.2) is 16.0 Å². The Morgan fingerprint density at radius 1 is 1.05 bits per heavy atom. The molecule has 8 heteroatoms. The Balaban J connectivity index is 0.000000273. The third kappa shape index (κ3) is 6.06. The van der Waals surface area contributed by atoms with Crippen molar-refractivity contribution in [3.63, 3.8) is 0 Å². The molecule has 5 N–H and O–H groups in total. The van der Waals surface area contributed by atoms with Crippen LogP contribution >= 0.6 is 23.5 Å². The van der Waals surface area contributed by atoms with E-state index in [2.05, 4.69) is 21.6 Å². The number of rotatable bonds is 5. The molecule has 38 heavy (non-hydrogen) atoms. The van der Waals surface area contributed by atoms with E-state index in [0.717, 1.165) is 50.7 Å². The lowest BCUT2D eigenvalue weighted by Gasteiger charge is -2.11. The van der Waals surface area contributed by atoms with Gasteiger partial charge in [-0.1, -0.05) is 56.0 Å². The van der Waals surface area contributed by atoms with Crippen molar-refractivity contribution in [2.24, 2.45) is 17.6 Å². The van der Waals surface area contributed by atoms with Gasteiger partial charge in [-0.05, 0) is 96.1 Å². The number of nitrogen functional groups attached to an aromatic ring is 1. The van der Waals surface area contributed by atoms with Crippen LogP contribution in [0, 0.1) is 17.7 Å². The van der Waals surface area contributed by atoms with E-state index >= 15 is 0 Å². The summed E-state index contributed by atoms with van der Waals surface area (Å²) in [5.74, 6) is 1.96. The lowest BCUT2D eigenvalue weighted by molar-refractivity contribution is 0.457. The van der Waals surface area contributed by atoms with Gasteiger partial charge in [0.05, 0.1) is 16.2 Å². The highest BCUT2D eigenvalue weighted by Gasteiger charge is 2.35. The van der Waals surface area contributed by atoms with Gasteiger partial charge in [0.15, 0.2) is 0 Å². The molecule has 0 saturated heterocycles. The van der Waals surface area contributed by atoms with Crippen molar-refractivity contribution >= 4 is 46.1 Å². The summed E-state index contributed by atoms with van der Waals surface area (Å²) in [5.41, 5.74) is 15.5. The Kier molecular flexibility index (Phi) is 8.36. The number of hydrogen-bond donors (Lipinski definition) is 3. The predicted octanol–water partition coefficient (Wildman–Crippen LogP) is 7.88. The molecule has 2 unspecified atom stereocenters. The van der Waals surface area contributed by atoms with E-state index in [1.54, 1.807) is 18.3 Å². The Bertz CT molecular complexity index is 1420. The molecule has 0 amide bonds. The van der Waals surface area contributed by atoms with Gasteiger partial charge < -0.3 is 16.2 Å². The van der Waals surface area contributed by atoms with E-state index < -0.39 is 0 Å². The molecule has 1 heterocycles. The predicted molar refractivity (Wildman–Crippen MR) is 158 cm³/mol. The standard InChI is InChI=1S/C22H18ClFN4S.C8H15N/c1-2-13-9-15(10-16-12-26-22(25)27-21(13)16)14-7-8-19(18(24)11-14)28-29-20-6-4-3-5-17(20)23;9-8-4-6-2-1-3-7(6)5-8/h3-12,28H,2H2,1H3,(H2,25,26,27);6-8H,1-5,9H2. The lowest BCUT2D eigenvalue weighted by atomic mass is 9.98. The number of halogens is 2. The van der Waals surface area contributed by atoms with Crippen molar-refractivity contribution in [2.45, 2.75) is 56.4 Å². The topological polar surface area (TPSA) is 89.8 Å². The van der Waals surface area contributed by atoms with Crippen LogP contribution in [-0.2, 0) is 6.42 Å². The van der Waals surface area contributed by atoms with Crippen LogP contribution in [0.5, 0.6) is 0 Å². The molecule has 0 spiro atoms. The number of aromatic nitrogens is 2.